The number of hydrogen-bond donors (Lipinski definition) is 1. The molecule has 2 amide bonds. The van der Waals surface area contributed by atoms with E-state index in [0.717, 1.165) is 25.2 Å². The maximum Gasteiger partial charge on any atom is 0.245 e. The number of benzene rings is 1. The van der Waals surface area contributed by atoms with E-state index in [-0.39, 0.29) is 24.8 Å². The van der Waals surface area contributed by atoms with E-state index >= 15 is 0 Å². The number of rotatable bonds is 8. The maximum absolute atomic E-state index is 12.8. The Morgan fingerprint density at radius 1 is 1.22 bits per heavy atom. The van der Waals surface area contributed by atoms with Gasteiger partial charge in [-0.25, -0.2) is 4.98 Å². The number of hydrogen-bond acceptors (Lipinski definition) is 6. The molecule has 1 saturated heterocycles. The Labute approximate surface area is 162 Å². The lowest BCUT2D eigenvalue weighted by Gasteiger charge is -2.30. The average molecular weight is 388 g/mol. The van der Waals surface area contributed by atoms with E-state index in [2.05, 4.69) is 15.2 Å². The molecular formula is C19H24N4O3S. The Kier molecular flexibility index (Phi) is 7.32. The first-order valence-electron chi connectivity index (χ1n) is 9.02. The van der Waals surface area contributed by atoms with E-state index < -0.39 is 0 Å². The number of carbonyl (C=O) groups excluding carboxylic acids is 2. The fraction of sp³-hybridized carbons (Fsp3) is 0.421. The van der Waals surface area contributed by atoms with Crippen LogP contribution in [0.3, 0.4) is 0 Å². The highest BCUT2D eigenvalue weighted by Gasteiger charge is 2.20. The molecule has 3 rings (SSSR count). The van der Waals surface area contributed by atoms with Crippen LogP contribution in [0.2, 0.25) is 0 Å². The van der Waals surface area contributed by atoms with Crippen LogP contribution in [-0.2, 0) is 20.7 Å². The summed E-state index contributed by atoms with van der Waals surface area (Å²) in [6.07, 6.45) is 1.92. The summed E-state index contributed by atoms with van der Waals surface area (Å²) < 4.78 is 5.36. The van der Waals surface area contributed by atoms with Crippen LogP contribution in [0, 0.1) is 0 Å². The van der Waals surface area contributed by atoms with Gasteiger partial charge in [0.2, 0.25) is 11.8 Å². The molecule has 1 aliphatic heterocycles. The van der Waals surface area contributed by atoms with Gasteiger partial charge in [0.1, 0.15) is 0 Å². The van der Waals surface area contributed by atoms with Crippen molar-refractivity contribution in [2.75, 3.05) is 51.3 Å². The molecule has 7 nitrogen and oxygen atoms in total. The molecule has 0 unspecified atom stereocenters. The summed E-state index contributed by atoms with van der Waals surface area (Å²) in [5.74, 6) is -0.280. The van der Waals surface area contributed by atoms with E-state index in [4.69, 9.17) is 4.74 Å². The Bertz CT molecular complexity index is 718. The number of aromatic nitrogens is 1. The van der Waals surface area contributed by atoms with Crippen LogP contribution < -0.4 is 5.32 Å². The minimum absolute atomic E-state index is 0.0234. The molecule has 0 spiro atoms. The second kappa shape index (κ2) is 10.1. The number of morpholine rings is 1. The van der Waals surface area contributed by atoms with E-state index in [1.807, 2.05) is 30.3 Å². The van der Waals surface area contributed by atoms with Crippen molar-refractivity contribution in [1.82, 2.24) is 14.8 Å². The van der Waals surface area contributed by atoms with E-state index in [9.17, 15) is 9.59 Å². The average Bonchev–Trinajstić information content (AvgIpc) is 3.19. The van der Waals surface area contributed by atoms with Crippen molar-refractivity contribution in [2.45, 2.75) is 6.42 Å². The van der Waals surface area contributed by atoms with E-state index in [0.29, 0.717) is 24.9 Å². The molecule has 0 atom stereocenters. The molecule has 144 valence electrons. The van der Waals surface area contributed by atoms with Gasteiger partial charge in [-0.15, -0.1) is 11.3 Å². The summed E-state index contributed by atoms with van der Waals surface area (Å²) in [6, 6.07) is 9.60. The zero-order valence-electron chi connectivity index (χ0n) is 15.2. The Morgan fingerprint density at radius 2 is 2.00 bits per heavy atom. The van der Waals surface area contributed by atoms with Crippen molar-refractivity contribution < 1.29 is 14.3 Å². The van der Waals surface area contributed by atoms with E-state index in [1.165, 1.54) is 11.3 Å². The monoisotopic (exact) mass is 388 g/mol. The fourth-order valence-corrected chi connectivity index (χ4v) is 3.42. The van der Waals surface area contributed by atoms with Crippen molar-refractivity contribution in [3.63, 3.8) is 0 Å². The molecule has 1 aliphatic rings. The van der Waals surface area contributed by atoms with Crippen LogP contribution in [0.4, 0.5) is 5.13 Å². The van der Waals surface area contributed by atoms with Crippen LogP contribution in [-0.4, -0.2) is 72.5 Å². The first-order valence-corrected chi connectivity index (χ1v) is 9.90. The van der Waals surface area contributed by atoms with Gasteiger partial charge in [0.05, 0.1) is 26.2 Å². The zero-order valence-corrected chi connectivity index (χ0v) is 16.0. The second-order valence-electron chi connectivity index (χ2n) is 6.32. The molecule has 0 saturated carbocycles. The van der Waals surface area contributed by atoms with Crippen molar-refractivity contribution in [3.05, 3.63) is 47.5 Å². The summed E-state index contributed by atoms with van der Waals surface area (Å²) in [7, 11) is 0. The molecular weight excluding hydrogens is 364 g/mol. The van der Waals surface area contributed by atoms with Gasteiger partial charge in [0.15, 0.2) is 5.13 Å². The summed E-state index contributed by atoms with van der Waals surface area (Å²) in [5, 5.41) is 5.09. The number of anilines is 1. The molecule has 0 radical (unpaired) electrons. The maximum atomic E-state index is 12.8. The zero-order chi connectivity index (χ0) is 18.9. The summed E-state index contributed by atoms with van der Waals surface area (Å²) in [5.41, 5.74) is 0.944. The predicted octanol–water partition coefficient (Wildman–Crippen LogP) is 1.49. The SMILES string of the molecule is O=C(CN(CCN1CCOCC1)C(=O)Cc1ccccc1)Nc1nccs1. The van der Waals surface area contributed by atoms with Gasteiger partial charge in [-0.3, -0.25) is 14.5 Å². The lowest BCUT2D eigenvalue weighted by molar-refractivity contribution is -0.134. The topological polar surface area (TPSA) is 74.8 Å². The van der Waals surface area contributed by atoms with Gasteiger partial charge in [0, 0.05) is 37.8 Å². The molecule has 1 aromatic carbocycles. The minimum Gasteiger partial charge on any atom is -0.379 e. The third-order valence-corrected chi connectivity index (χ3v) is 5.04. The predicted molar refractivity (Wildman–Crippen MR) is 105 cm³/mol. The Balaban J connectivity index is 1.59. The van der Waals surface area contributed by atoms with Crippen LogP contribution in [0.15, 0.2) is 41.9 Å². The highest BCUT2D eigenvalue weighted by atomic mass is 32.1. The summed E-state index contributed by atoms with van der Waals surface area (Å²) >= 11 is 1.36. The lowest BCUT2D eigenvalue weighted by Crippen LogP contribution is -2.45. The number of carbonyl (C=O) groups is 2. The van der Waals surface area contributed by atoms with Crippen molar-refractivity contribution >= 4 is 28.3 Å². The van der Waals surface area contributed by atoms with Gasteiger partial charge < -0.3 is 15.0 Å². The van der Waals surface area contributed by atoms with Crippen LogP contribution in [0.1, 0.15) is 5.56 Å². The molecule has 27 heavy (non-hydrogen) atoms. The molecule has 2 heterocycles. The molecule has 0 aliphatic carbocycles. The lowest BCUT2D eigenvalue weighted by atomic mass is 10.1. The first-order chi connectivity index (χ1) is 13.2. The fourth-order valence-electron chi connectivity index (χ4n) is 2.88. The highest BCUT2D eigenvalue weighted by molar-refractivity contribution is 7.13. The number of thiazole rings is 1. The molecule has 1 aromatic heterocycles. The smallest absolute Gasteiger partial charge is 0.245 e. The van der Waals surface area contributed by atoms with Crippen LogP contribution >= 0.6 is 11.3 Å². The van der Waals surface area contributed by atoms with Gasteiger partial charge >= 0.3 is 0 Å². The quantitative estimate of drug-likeness (QED) is 0.742. The minimum atomic E-state index is -0.228. The van der Waals surface area contributed by atoms with Crippen molar-refractivity contribution in [1.29, 1.82) is 0 Å². The number of nitrogens with zero attached hydrogens (tertiary/aromatic N) is 3. The Morgan fingerprint density at radius 3 is 2.70 bits per heavy atom. The third-order valence-electron chi connectivity index (χ3n) is 4.35. The van der Waals surface area contributed by atoms with Gasteiger partial charge in [-0.1, -0.05) is 30.3 Å². The summed E-state index contributed by atoms with van der Waals surface area (Å²) in [6.45, 7) is 4.39. The number of nitrogens with one attached hydrogen (secondary N) is 1. The standard InChI is InChI=1S/C19H24N4O3S/c24-17(21-19-20-6-13-27-19)15-23(8-7-22-9-11-26-12-10-22)18(25)14-16-4-2-1-3-5-16/h1-6,13H,7-12,14-15H2,(H,20,21,24). The van der Waals surface area contributed by atoms with Gasteiger partial charge in [-0.05, 0) is 5.56 Å². The van der Waals surface area contributed by atoms with Crippen LogP contribution in [0.5, 0.6) is 0 Å². The molecule has 8 heteroatoms. The van der Waals surface area contributed by atoms with Crippen molar-refractivity contribution in [2.24, 2.45) is 0 Å². The van der Waals surface area contributed by atoms with Crippen LogP contribution in [0.25, 0.3) is 0 Å². The summed E-state index contributed by atoms with van der Waals surface area (Å²) in [4.78, 5) is 33.1. The molecule has 1 fully saturated rings. The first kappa shape index (κ1) is 19.5. The highest BCUT2D eigenvalue weighted by Crippen LogP contribution is 2.10. The number of amides is 2. The normalized spacial score (nSPS) is 14.7. The van der Waals surface area contributed by atoms with Crippen molar-refractivity contribution in [3.8, 4) is 0 Å². The molecule has 1 N–H and O–H groups in total. The second-order valence-corrected chi connectivity index (χ2v) is 7.21. The molecule has 0 bridgehead atoms. The van der Waals surface area contributed by atoms with Gasteiger partial charge in [0.25, 0.3) is 0 Å². The van der Waals surface area contributed by atoms with E-state index in [1.54, 1.807) is 16.5 Å². The largest absolute Gasteiger partial charge is 0.379 e. The third kappa shape index (κ3) is 6.42. The number of ether oxygens (including phenoxy) is 1. The Hall–Kier alpha value is -2.29. The van der Waals surface area contributed by atoms with Gasteiger partial charge in [-0.2, -0.15) is 0 Å². The molecule has 2 aromatic rings.